The van der Waals surface area contributed by atoms with Crippen molar-refractivity contribution in [3.8, 4) is 0 Å². The number of aliphatic hydroxyl groups excluding tert-OH is 1. The fourth-order valence-electron chi connectivity index (χ4n) is 2.70. The second kappa shape index (κ2) is 6.72. The Kier molecular flexibility index (Phi) is 5.26. The van der Waals surface area contributed by atoms with E-state index in [0.29, 0.717) is 6.04 Å². The lowest BCUT2D eigenvalue weighted by Gasteiger charge is -2.28. The zero-order chi connectivity index (χ0) is 12.1. The van der Waals surface area contributed by atoms with Crippen molar-refractivity contribution in [2.45, 2.75) is 56.0 Å². The number of nitrogens with zero attached hydrogens (tertiary/aromatic N) is 1. The molecular weight excluding hydrogens is 236 g/mol. The van der Waals surface area contributed by atoms with Gasteiger partial charge in [-0.3, -0.25) is 4.99 Å². The highest BCUT2D eigenvalue weighted by molar-refractivity contribution is 6.20. The summed E-state index contributed by atoms with van der Waals surface area (Å²) in [5.41, 5.74) is 0. The maximum atomic E-state index is 9.86. The molecule has 0 aromatic carbocycles. The average Bonchev–Trinajstić information content (AvgIpc) is 2.35. The molecule has 1 aliphatic carbocycles. The Hall–Kier alpha value is -0.120. The Morgan fingerprint density at radius 3 is 2.94 bits per heavy atom. The third kappa shape index (κ3) is 4.23. The highest BCUT2D eigenvalue weighted by Crippen LogP contribution is 2.27. The first-order valence-electron chi connectivity index (χ1n) is 6.81. The number of aliphatic imine (C=N–C) groups is 1. The minimum Gasteiger partial charge on any atom is -0.392 e. The lowest BCUT2D eigenvalue weighted by Crippen LogP contribution is -2.36. The van der Waals surface area contributed by atoms with Crippen molar-refractivity contribution in [1.82, 2.24) is 5.32 Å². The number of piperidine rings is 1. The number of rotatable bonds is 3. The van der Waals surface area contributed by atoms with Crippen LogP contribution in [0.4, 0.5) is 0 Å². The molecule has 4 atom stereocenters. The molecule has 0 aromatic heterocycles. The topological polar surface area (TPSA) is 44.6 Å². The van der Waals surface area contributed by atoms with E-state index in [0.717, 1.165) is 32.4 Å². The molecule has 1 heterocycles. The molecule has 4 heteroatoms. The van der Waals surface area contributed by atoms with Gasteiger partial charge in [0.05, 0.1) is 12.6 Å². The number of nitrogens with one attached hydrogen (secondary N) is 1. The second-order valence-electron chi connectivity index (χ2n) is 5.30. The third-order valence-corrected chi connectivity index (χ3v) is 4.23. The average molecular weight is 259 g/mol. The Balaban J connectivity index is 1.74. The van der Waals surface area contributed by atoms with Crippen molar-refractivity contribution in [3.05, 3.63) is 0 Å². The van der Waals surface area contributed by atoms with Crippen molar-refractivity contribution < 1.29 is 5.11 Å². The summed E-state index contributed by atoms with van der Waals surface area (Å²) < 4.78 is 0. The molecule has 2 rings (SSSR count). The zero-order valence-electron chi connectivity index (χ0n) is 10.3. The Labute approximate surface area is 109 Å². The Bertz CT molecular complexity index is 254. The van der Waals surface area contributed by atoms with E-state index in [-0.39, 0.29) is 17.4 Å². The van der Waals surface area contributed by atoms with Gasteiger partial charge in [-0.2, -0.15) is 0 Å². The lowest BCUT2D eigenvalue weighted by molar-refractivity contribution is 0.104. The maximum Gasteiger partial charge on any atom is 0.0618 e. The van der Waals surface area contributed by atoms with Crippen LogP contribution in [0.25, 0.3) is 0 Å². The molecule has 2 aliphatic rings. The van der Waals surface area contributed by atoms with Gasteiger partial charge in [-0.15, -0.1) is 11.6 Å². The number of alkyl halides is 1. The summed E-state index contributed by atoms with van der Waals surface area (Å²) in [6.07, 6.45) is 8.12. The fourth-order valence-corrected chi connectivity index (χ4v) is 3.03. The predicted molar refractivity (Wildman–Crippen MR) is 72.0 cm³/mol. The molecular formula is C13H23ClN2O. The monoisotopic (exact) mass is 258 g/mol. The van der Waals surface area contributed by atoms with Gasteiger partial charge in [0.15, 0.2) is 0 Å². The van der Waals surface area contributed by atoms with Crippen LogP contribution in [0.5, 0.6) is 0 Å². The molecule has 1 saturated carbocycles. The summed E-state index contributed by atoms with van der Waals surface area (Å²) >= 11 is 6.12. The molecule has 0 amide bonds. The molecule has 0 bridgehead atoms. The van der Waals surface area contributed by atoms with Crippen LogP contribution in [0.2, 0.25) is 0 Å². The van der Waals surface area contributed by atoms with E-state index in [2.05, 4.69) is 10.3 Å². The van der Waals surface area contributed by atoms with Gasteiger partial charge in [0.1, 0.15) is 0 Å². The summed E-state index contributed by atoms with van der Waals surface area (Å²) in [6, 6.07) is 0.535. The quantitative estimate of drug-likeness (QED) is 0.601. The lowest BCUT2D eigenvalue weighted by atomic mass is 9.87. The van der Waals surface area contributed by atoms with Gasteiger partial charge < -0.3 is 10.4 Å². The molecule has 1 aliphatic heterocycles. The molecule has 0 spiro atoms. The first-order valence-corrected chi connectivity index (χ1v) is 7.25. The number of hydrogen-bond acceptors (Lipinski definition) is 3. The SMILES string of the molecule is OC1CCC(Cl)CC1C=NCC1CCCCN1. The fraction of sp³-hybridized carbons (Fsp3) is 0.923. The summed E-state index contributed by atoms with van der Waals surface area (Å²) in [6.45, 7) is 1.96. The van der Waals surface area contributed by atoms with Crippen LogP contribution >= 0.6 is 11.6 Å². The van der Waals surface area contributed by atoms with E-state index in [1.807, 2.05) is 6.21 Å². The van der Waals surface area contributed by atoms with Crippen LogP contribution in [0.15, 0.2) is 4.99 Å². The van der Waals surface area contributed by atoms with Gasteiger partial charge >= 0.3 is 0 Å². The standard InChI is InChI=1S/C13H23ClN2O/c14-11-4-5-13(17)10(7-11)8-15-9-12-3-1-2-6-16-12/h8,10-13,16-17H,1-7,9H2. The first-order chi connectivity index (χ1) is 8.25. The second-order valence-corrected chi connectivity index (χ2v) is 5.92. The van der Waals surface area contributed by atoms with E-state index in [1.54, 1.807) is 0 Å². The van der Waals surface area contributed by atoms with Gasteiger partial charge in [-0.05, 0) is 38.6 Å². The molecule has 0 radical (unpaired) electrons. The smallest absolute Gasteiger partial charge is 0.0618 e. The van der Waals surface area contributed by atoms with Crippen LogP contribution < -0.4 is 5.32 Å². The van der Waals surface area contributed by atoms with Crippen molar-refractivity contribution in [3.63, 3.8) is 0 Å². The van der Waals surface area contributed by atoms with E-state index < -0.39 is 0 Å². The van der Waals surface area contributed by atoms with Gasteiger partial charge in [0.2, 0.25) is 0 Å². The van der Waals surface area contributed by atoms with E-state index in [1.165, 1.54) is 19.3 Å². The largest absolute Gasteiger partial charge is 0.392 e. The van der Waals surface area contributed by atoms with Crippen molar-refractivity contribution in [1.29, 1.82) is 0 Å². The number of halogens is 1. The predicted octanol–water partition coefficient (Wildman–Crippen LogP) is 1.97. The highest BCUT2D eigenvalue weighted by atomic mass is 35.5. The maximum absolute atomic E-state index is 9.86. The van der Waals surface area contributed by atoms with Gasteiger partial charge in [-0.25, -0.2) is 0 Å². The Morgan fingerprint density at radius 2 is 2.18 bits per heavy atom. The van der Waals surface area contributed by atoms with E-state index in [4.69, 9.17) is 11.6 Å². The van der Waals surface area contributed by atoms with Crippen LogP contribution in [0.3, 0.4) is 0 Å². The minimum atomic E-state index is -0.243. The number of hydrogen-bond donors (Lipinski definition) is 2. The summed E-state index contributed by atoms with van der Waals surface area (Å²) in [5.74, 6) is 0.162. The zero-order valence-corrected chi connectivity index (χ0v) is 11.1. The molecule has 3 nitrogen and oxygen atoms in total. The summed E-state index contributed by atoms with van der Waals surface area (Å²) in [5, 5.41) is 13.5. The molecule has 2 fully saturated rings. The molecule has 17 heavy (non-hydrogen) atoms. The highest BCUT2D eigenvalue weighted by Gasteiger charge is 2.26. The van der Waals surface area contributed by atoms with E-state index in [9.17, 15) is 5.11 Å². The van der Waals surface area contributed by atoms with Crippen molar-refractivity contribution in [2.24, 2.45) is 10.9 Å². The van der Waals surface area contributed by atoms with Crippen LogP contribution in [0, 0.1) is 5.92 Å². The number of aliphatic hydroxyl groups is 1. The van der Waals surface area contributed by atoms with Gasteiger partial charge in [0, 0.05) is 23.6 Å². The molecule has 0 aromatic rings. The molecule has 1 saturated heterocycles. The van der Waals surface area contributed by atoms with Gasteiger partial charge in [0.25, 0.3) is 0 Å². The Morgan fingerprint density at radius 1 is 1.29 bits per heavy atom. The first kappa shape index (κ1) is 13.3. The summed E-state index contributed by atoms with van der Waals surface area (Å²) in [7, 11) is 0. The third-order valence-electron chi connectivity index (χ3n) is 3.83. The van der Waals surface area contributed by atoms with Crippen molar-refractivity contribution >= 4 is 17.8 Å². The van der Waals surface area contributed by atoms with Crippen LogP contribution in [-0.4, -0.2) is 41.9 Å². The minimum absolute atomic E-state index is 0.162. The molecule has 4 unspecified atom stereocenters. The van der Waals surface area contributed by atoms with E-state index >= 15 is 0 Å². The molecule has 98 valence electrons. The van der Waals surface area contributed by atoms with Crippen LogP contribution in [-0.2, 0) is 0 Å². The van der Waals surface area contributed by atoms with Crippen LogP contribution in [0.1, 0.15) is 38.5 Å². The summed E-state index contributed by atoms with van der Waals surface area (Å²) in [4.78, 5) is 4.50. The molecule has 2 N–H and O–H groups in total. The van der Waals surface area contributed by atoms with Gasteiger partial charge in [-0.1, -0.05) is 6.42 Å². The normalized spacial score (nSPS) is 39.6. The van der Waals surface area contributed by atoms with Crippen molar-refractivity contribution in [2.75, 3.05) is 13.1 Å².